The summed E-state index contributed by atoms with van der Waals surface area (Å²) in [5, 5.41) is 22.2. The fourth-order valence-electron chi connectivity index (χ4n) is 3.52. The Morgan fingerprint density at radius 3 is 2.16 bits per heavy atom. The van der Waals surface area contributed by atoms with Gasteiger partial charge in [0.1, 0.15) is 18.0 Å². The van der Waals surface area contributed by atoms with Gasteiger partial charge in [0.2, 0.25) is 0 Å². The average molecular weight is 446 g/mol. The molecule has 3 rings (SSSR count). The summed E-state index contributed by atoms with van der Waals surface area (Å²) < 4.78 is 11.7. The van der Waals surface area contributed by atoms with Gasteiger partial charge in [-0.05, 0) is 55.7 Å². The Balaban J connectivity index is 1.79. The molecule has 0 aromatic heterocycles. The summed E-state index contributed by atoms with van der Waals surface area (Å²) in [5.74, 6) is 0.186. The van der Waals surface area contributed by atoms with Gasteiger partial charge in [-0.15, -0.1) is 11.8 Å². The lowest BCUT2D eigenvalue weighted by Gasteiger charge is -2.34. The summed E-state index contributed by atoms with van der Waals surface area (Å²) in [4.78, 5) is 34.4. The van der Waals surface area contributed by atoms with E-state index in [9.17, 15) is 25.0 Å². The van der Waals surface area contributed by atoms with Crippen molar-refractivity contribution in [3.8, 4) is 5.75 Å². The summed E-state index contributed by atoms with van der Waals surface area (Å²) in [5.41, 5.74) is -1.32. The maximum absolute atomic E-state index is 12.7. The number of thioether (sulfide) groups is 1. The molecule has 3 atom stereocenters. The first-order valence-electron chi connectivity index (χ1n) is 9.72. The Morgan fingerprint density at radius 2 is 1.61 bits per heavy atom. The molecule has 10 heteroatoms. The zero-order valence-electron chi connectivity index (χ0n) is 17.1. The summed E-state index contributed by atoms with van der Waals surface area (Å²) in [6.07, 6.45) is 3.10. The number of ether oxygens (including phenoxy) is 2. The highest BCUT2D eigenvalue weighted by Gasteiger charge is 2.34. The number of hydrogen-bond donors (Lipinski definition) is 0. The molecule has 1 fully saturated rings. The molecule has 2 aromatic rings. The van der Waals surface area contributed by atoms with Gasteiger partial charge in [-0.2, -0.15) is 0 Å². The number of carbonyl (C=O) groups excluding carboxylic acids is 1. The van der Waals surface area contributed by atoms with E-state index in [4.69, 9.17) is 9.47 Å². The maximum Gasteiger partial charge on any atom is 0.339 e. The number of benzene rings is 2. The lowest BCUT2D eigenvalue weighted by Crippen LogP contribution is -2.40. The number of esters is 1. The largest absolute Gasteiger partial charge is 0.487 e. The predicted octanol–water partition coefficient (Wildman–Crippen LogP) is 5.02. The van der Waals surface area contributed by atoms with Crippen LogP contribution in [-0.4, -0.2) is 34.3 Å². The van der Waals surface area contributed by atoms with Crippen molar-refractivity contribution < 1.29 is 24.1 Å². The highest BCUT2D eigenvalue weighted by atomic mass is 32.2. The standard InChI is InChI=1S/C21H22N2O7S/c1-13-3-8-19(20(9-13)29-17-4-6-18(31-2)7-5-17)30-21(24)14-10-15(22(25)26)12-16(11-14)23(27)28/h4-7,10-13,19-20H,3,8-9H2,1-2H3/t13-,19+,20+/m1/s1. The van der Waals surface area contributed by atoms with Crippen molar-refractivity contribution in [1.29, 1.82) is 0 Å². The molecule has 0 amide bonds. The van der Waals surface area contributed by atoms with Gasteiger partial charge in [-0.25, -0.2) is 4.79 Å². The third-order valence-corrected chi connectivity index (χ3v) is 5.90. The van der Waals surface area contributed by atoms with Crippen LogP contribution in [-0.2, 0) is 4.74 Å². The third kappa shape index (κ3) is 5.72. The Morgan fingerprint density at radius 1 is 1.00 bits per heavy atom. The number of nitro groups is 2. The minimum atomic E-state index is -0.849. The topological polar surface area (TPSA) is 122 Å². The number of nitrogens with zero attached hydrogens (tertiary/aromatic N) is 2. The molecule has 0 unspecified atom stereocenters. The minimum Gasteiger partial charge on any atom is -0.487 e. The number of non-ortho nitro benzene ring substituents is 2. The van der Waals surface area contributed by atoms with E-state index in [1.165, 1.54) is 0 Å². The molecule has 0 bridgehead atoms. The van der Waals surface area contributed by atoms with Crippen molar-refractivity contribution in [2.24, 2.45) is 5.92 Å². The van der Waals surface area contributed by atoms with Crippen molar-refractivity contribution in [1.82, 2.24) is 0 Å². The Hall–Kier alpha value is -3.14. The van der Waals surface area contributed by atoms with Crippen LogP contribution in [0.1, 0.15) is 36.5 Å². The van der Waals surface area contributed by atoms with E-state index in [0.29, 0.717) is 24.5 Å². The van der Waals surface area contributed by atoms with E-state index in [-0.39, 0.29) is 11.7 Å². The number of carbonyl (C=O) groups is 1. The molecule has 1 aliphatic carbocycles. The van der Waals surface area contributed by atoms with Crippen molar-refractivity contribution in [2.75, 3.05) is 6.26 Å². The van der Waals surface area contributed by atoms with Crippen LogP contribution in [0.2, 0.25) is 0 Å². The van der Waals surface area contributed by atoms with Gasteiger partial charge in [0.15, 0.2) is 0 Å². The molecular formula is C21H22N2O7S. The van der Waals surface area contributed by atoms with Gasteiger partial charge in [-0.3, -0.25) is 20.2 Å². The molecule has 1 aliphatic rings. The molecule has 9 nitrogen and oxygen atoms in total. The fourth-order valence-corrected chi connectivity index (χ4v) is 3.93. The zero-order valence-corrected chi connectivity index (χ0v) is 17.9. The molecule has 164 valence electrons. The molecule has 0 heterocycles. The van der Waals surface area contributed by atoms with Crippen LogP contribution >= 0.6 is 11.8 Å². The van der Waals surface area contributed by atoms with Crippen LogP contribution in [0.25, 0.3) is 0 Å². The fraction of sp³-hybridized carbons (Fsp3) is 0.381. The summed E-state index contributed by atoms with van der Waals surface area (Å²) in [6, 6.07) is 10.4. The van der Waals surface area contributed by atoms with Crippen LogP contribution in [0.3, 0.4) is 0 Å². The lowest BCUT2D eigenvalue weighted by atomic mass is 9.86. The first-order chi connectivity index (χ1) is 14.8. The smallest absolute Gasteiger partial charge is 0.339 e. The van der Waals surface area contributed by atoms with E-state index < -0.39 is 33.3 Å². The summed E-state index contributed by atoms with van der Waals surface area (Å²) >= 11 is 1.62. The summed E-state index contributed by atoms with van der Waals surface area (Å²) in [7, 11) is 0. The average Bonchev–Trinajstić information content (AvgIpc) is 2.75. The van der Waals surface area contributed by atoms with Crippen LogP contribution in [0, 0.1) is 26.1 Å². The first kappa shape index (κ1) is 22.5. The quantitative estimate of drug-likeness (QED) is 0.251. The molecule has 31 heavy (non-hydrogen) atoms. The zero-order chi connectivity index (χ0) is 22.5. The van der Waals surface area contributed by atoms with Crippen molar-refractivity contribution in [3.63, 3.8) is 0 Å². The van der Waals surface area contributed by atoms with Gasteiger partial charge >= 0.3 is 5.97 Å². The van der Waals surface area contributed by atoms with Gasteiger partial charge in [0, 0.05) is 17.0 Å². The van der Waals surface area contributed by atoms with E-state index in [1.807, 2.05) is 30.5 Å². The molecule has 0 aliphatic heterocycles. The van der Waals surface area contributed by atoms with Crippen molar-refractivity contribution >= 4 is 29.1 Å². The SMILES string of the molecule is CSc1ccc(O[C@H]2C[C@H](C)CC[C@@H]2OC(=O)c2cc([N+](=O)[O-])cc([N+](=O)[O-])c2)cc1. The Labute approximate surface area is 183 Å². The highest BCUT2D eigenvalue weighted by Crippen LogP contribution is 2.31. The van der Waals surface area contributed by atoms with Crippen LogP contribution in [0.15, 0.2) is 47.4 Å². The van der Waals surface area contributed by atoms with Crippen molar-refractivity contribution in [2.45, 2.75) is 43.3 Å². The van der Waals surface area contributed by atoms with E-state index in [1.54, 1.807) is 11.8 Å². The van der Waals surface area contributed by atoms with Gasteiger partial charge in [0.25, 0.3) is 11.4 Å². The van der Waals surface area contributed by atoms with E-state index >= 15 is 0 Å². The van der Waals surface area contributed by atoms with Gasteiger partial charge in [0.05, 0.1) is 21.5 Å². The second-order valence-electron chi connectivity index (χ2n) is 7.45. The molecule has 0 saturated heterocycles. The molecule has 0 N–H and O–H groups in total. The van der Waals surface area contributed by atoms with Gasteiger partial charge in [-0.1, -0.05) is 6.92 Å². The third-order valence-electron chi connectivity index (χ3n) is 5.16. The van der Waals surface area contributed by atoms with Crippen molar-refractivity contribution in [3.05, 3.63) is 68.3 Å². The molecule has 0 spiro atoms. The lowest BCUT2D eigenvalue weighted by molar-refractivity contribution is -0.394. The Kier molecular flexibility index (Phi) is 7.11. The molecule has 2 aromatic carbocycles. The molecule has 1 saturated carbocycles. The number of rotatable bonds is 7. The number of nitro benzene ring substituents is 2. The second-order valence-corrected chi connectivity index (χ2v) is 8.33. The number of hydrogen-bond acceptors (Lipinski definition) is 8. The minimum absolute atomic E-state index is 0.234. The van der Waals surface area contributed by atoms with E-state index in [0.717, 1.165) is 29.5 Å². The van der Waals surface area contributed by atoms with Crippen LogP contribution in [0.5, 0.6) is 5.75 Å². The molecular weight excluding hydrogens is 424 g/mol. The monoisotopic (exact) mass is 446 g/mol. The highest BCUT2D eigenvalue weighted by molar-refractivity contribution is 7.98. The van der Waals surface area contributed by atoms with Gasteiger partial charge < -0.3 is 9.47 Å². The second kappa shape index (κ2) is 9.78. The van der Waals surface area contributed by atoms with Crippen LogP contribution in [0.4, 0.5) is 11.4 Å². The summed E-state index contributed by atoms with van der Waals surface area (Å²) in [6.45, 7) is 2.09. The Bertz CT molecular complexity index is 948. The molecule has 0 radical (unpaired) electrons. The normalized spacial score (nSPS) is 20.6. The van der Waals surface area contributed by atoms with E-state index in [2.05, 4.69) is 6.92 Å². The first-order valence-corrected chi connectivity index (χ1v) is 10.9. The predicted molar refractivity (Wildman–Crippen MR) is 115 cm³/mol. The maximum atomic E-state index is 12.7. The van der Waals surface area contributed by atoms with Crippen LogP contribution < -0.4 is 4.74 Å².